The molecular weight excluding hydrogens is 244 g/mol. The summed E-state index contributed by atoms with van der Waals surface area (Å²) in [5, 5.41) is 3.43. The third-order valence-electron chi connectivity index (χ3n) is 3.33. The number of aromatic nitrogens is 1. The lowest BCUT2D eigenvalue weighted by atomic mass is 9.98. The van der Waals surface area contributed by atoms with Crippen molar-refractivity contribution in [2.75, 3.05) is 32.0 Å². The van der Waals surface area contributed by atoms with Gasteiger partial charge in [0.1, 0.15) is 4.99 Å². The van der Waals surface area contributed by atoms with Gasteiger partial charge in [0.15, 0.2) is 0 Å². The monoisotopic (exact) mass is 264 g/mol. The number of hydrogen-bond acceptors (Lipinski definition) is 4. The molecule has 0 radical (unpaired) electrons. The normalized spacial score (nSPS) is 20.6. The molecule has 3 N–H and O–H groups in total. The van der Waals surface area contributed by atoms with E-state index >= 15 is 0 Å². The van der Waals surface area contributed by atoms with Crippen LogP contribution in [-0.2, 0) is 0 Å². The highest BCUT2D eigenvalue weighted by Crippen LogP contribution is 2.16. The molecule has 0 aliphatic carbocycles. The van der Waals surface area contributed by atoms with E-state index < -0.39 is 0 Å². The predicted molar refractivity (Wildman–Crippen MR) is 78.8 cm³/mol. The van der Waals surface area contributed by atoms with Crippen LogP contribution in [0.5, 0.6) is 0 Å². The van der Waals surface area contributed by atoms with E-state index in [1.54, 1.807) is 6.20 Å². The molecule has 1 aliphatic heterocycles. The first-order valence-corrected chi connectivity index (χ1v) is 6.74. The van der Waals surface area contributed by atoms with Crippen molar-refractivity contribution in [2.24, 2.45) is 11.7 Å². The molecule has 1 fully saturated rings. The summed E-state index contributed by atoms with van der Waals surface area (Å²) in [7, 11) is 2.19. The Morgan fingerprint density at radius 1 is 1.61 bits per heavy atom. The van der Waals surface area contributed by atoms with Crippen LogP contribution in [0.15, 0.2) is 18.3 Å². The Morgan fingerprint density at radius 3 is 3.06 bits per heavy atom. The zero-order chi connectivity index (χ0) is 13.0. The summed E-state index contributed by atoms with van der Waals surface area (Å²) in [5.41, 5.74) is 7.22. The van der Waals surface area contributed by atoms with E-state index in [-0.39, 0.29) is 0 Å². The predicted octanol–water partition coefficient (Wildman–Crippen LogP) is 1.47. The molecule has 1 aliphatic rings. The van der Waals surface area contributed by atoms with Crippen LogP contribution in [0, 0.1) is 5.92 Å². The first kappa shape index (κ1) is 13.2. The fourth-order valence-corrected chi connectivity index (χ4v) is 2.47. The Labute approximate surface area is 114 Å². The summed E-state index contributed by atoms with van der Waals surface area (Å²) >= 11 is 4.87. The molecule has 0 amide bonds. The Bertz CT molecular complexity index is 404. The van der Waals surface area contributed by atoms with Crippen LogP contribution in [0.3, 0.4) is 0 Å². The van der Waals surface area contributed by atoms with Crippen LogP contribution in [0.25, 0.3) is 0 Å². The van der Waals surface area contributed by atoms with Crippen molar-refractivity contribution in [3.63, 3.8) is 0 Å². The van der Waals surface area contributed by atoms with Gasteiger partial charge in [0.2, 0.25) is 0 Å². The fourth-order valence-electron chi connectivity index (χ4n) is 2.35. The van der Waals surface area contributed by atoms with Crippen molar-refractivity contribution in [3.05, 3.63) is 24.0 Å². The van der Waals surface area contributed by atoms with Crippen molar-refractivity contribution in [1.82, 2.24) is 9.88 Å². The second-order valence-corrected chi connectivity index (χ2v) is 5.39. The smallest absolute Gasteiger partial charge is 0.122 e. The topological polar surface area (TPSA) is 54.2 Å². The standard InChI is InChI=1S/C13H20N4S/c1-17-6-2-3-10(9-17)7-15-11-4-5-12(13(14)18)16-8-11/h4-5,8,10,15H,2-3,6-7,9H2,1H3,(H2,14,18). The van der Waals surface area contributed by atoms with E-state index in [1.165, 1.54) is 25.9 Å². The maximum Gasteiger partial charge on any atom is 0.122 e. The van der Waals surface area contributed by atoms with Gasteiger partial charge >= 0.3 is 0 Å². The molecule has 0 aromatic carbocycles. The summed E-state index contributed by atoms with van der Waals surface area (Å²) in [5.74, 6) is 0.721. The minimum atomic E-state index is 0.343. The van der Waals surface area contributed by atoms with Crippen molar-refractivity contribution in [3.8, 4) is 0 Å². The highest BCUT2D eigenvalue weighted by molar-refractivity contribution is 7.80. The summed E-state index contributed by atoms with van der Waals surface area (Å²) in [6, 6.07) is 3.84. The fraction of sp³-hybridized carbons (Fsp3) is 0.538. The molecular formula is C13H20N4S. The molecule has 1 saturated heterocycles. The Kier molecular flexibility index (Phi) is 4.49. The zero-order valence-electron chi connectivity index (χ0n) is 10.7. The molecule has 0 bridgehead atoms. The van der Waals surface area contributed by atoms with E-state index in [2.05, 4.69) is 22.2 Å². The number of nitrogens with zero attached hydrogens (tertiary/aromatic N) is 2. The molecule has 18 heavy (non-hydrogen) atoms. The van der Waals surface area contributed by atoms with Gasteiger partial charge in [-0.25, -0.2) is 0 Å². The number of nitrogens with two attached hydrogens (primary N) is 1. The van der Waals surface area contributed by atoms with Gasteiger partial charge in [-0.15, -0.1) is 0 Å². The highest BCUT2D eigenvalue weighted by atomic mass is 32.1. The second kappa shape index (κ2) is 6.11. The van der Waals surface area contributed by atoms with Crippen molar-refractivity contribution in [1.29, 1.82) is 0 Å². The van der Waals surface area contributed by atoms with E-state index in [4.69, 9.17) is 18.0 Å². The summed E-state index contributed by atoms with van der Waals surface area (Å²) in [6.45, 7) is 3.39. The van der Waals surface area contributed by atoms with Gasteiger partial charge < -0.3 is 16.0 Å². The molecule has 4 nitrogen and oxygen atoms in total. The minimum absolute atomic E-state index is 0.343. The molecule has 98 valence electrons. The van der Waals surface area contributed by atoms with Crippen LogP contribution < -0.4 is 11.1 Å². The lowest BCUT2D eigenvalue weighted by Gasteiger charge is -2.29. The number of hydrogen-bond donors (Lipinski definition) is 2. The van der Waals surface area contributed by atoms with Crippen LogP contribution in [0.4, 0.5) is 5.69 Å². The van der Waals surface area contributed by atoms with Gasteiger partial charge in [-0.3, -0.25) is 4.98 Å². The Balaban J connectivity index is 1.84. The third kappa shape index (κ3) is 3.65. The summed E-state index contributed by atoms with van der Waals surface area (Å²) in [6.07, 6.45) is 4.39. The molecule has 1 aromatic rings. The summed E-state index contributed by atoms with van der Waals surface area (Å²) in [4.78, 5) is 6.95. The molecule has 0 saturated carbocycles. The van der Waals surface area contributed by atoms with Gasteiger partial charge in [0.25, 0.3) is 0 Å². The van der Waals surface area contributed by atoms with E-state index in [1.807, 2.05) is 12.1 Å². The SMILES string of the molecule is CN1CCCC(CNc2ccc(C(N)=S)nc2)C1. The van der Waals surface area contributed by atoms with Crippen LogP contribution in [0.2, 0.25) is 0 Å². The number of thiocarbonyl (C=S) groups is 1. The van der Waals surface area contributed by atoms with Crippen molar-refractivity contribution < 1.29 is 0 Å². The molecule has 1 aromatic heterocycles. The average Bonchev–Trinajstić information content (AvgIpc) is 2.37. The largest absolute Gasteiger partial charge is 0.388 e. The maximum atomic E-state index is 5.51. The quantitative estimate of drug-likeness (QED) is 0.807. The summed E-state index contributed by atoms with van der Waals surface area (Å²) < 4.78 is 0. The minimum Gasteiger partial charge on any atom is -0.388 e. The number of pyridine rings is 1. The average molecular weight is 264 g/mol. The van der Waals surface area contributed by atoms with Crippen LogP contribution in [-0.4, -0.2) is 41.6 Å². The van der Waals surface area contributed by atoms with Crippen LogP contribution >= 0.6 is 12.2 Å². The lowest BCUT2D eigenvalue weighted by molar-refractivity contribution is 0.217. The Morgan fingerprint density at radius 2 is 2.44 bits per heavy atom. The molecule has 1 atom stereocenters. The third-order valence-corrected chi connectivity index (χ3v) is 3.54. The van der Waals surface area contributed by atoms with Gasteiger partial charge in [0.05, 0.1) is 17.6 Å². The van der Waals surface area contributed by atoms with E-state index in [0.29, 0.717) is 10.7 Å². The molecule has 0 spiro atoms. The van der Waals surface area contributed by atoms with Gasteiger partial charge in [-0.05, 0) is 44.5 Å². The first-order chi connectivity index (χ1) is 8.65. The molecule has 1 unspecified atom stereocenters. The number of likely N-dealkylation sites (tertiary alicyclic amines) is 1. The van der Waals surface area contributed by atoms with Gasteiger partial charge in [0, 0.05) is 13.1 Å². The number of anilines is 1. The number of rotatable bonds is 4. The number of piperidine rings is 1. The maximum absolute atomic E-state index is 5.51. The lowest BCUT2D eigenvalue weighted by Crippen LogP contribution is -2.35. The van der Waals surface area contributed by atoms with E-state index in [0.717, 1.165) is 18.2 Å². The van der Waals surface area contributed by atoms with Crippen molar-refractivity contribution >= 4 is 22.9 Å². The van der Waals surface area contributed by atoms with Crippen molar-refractivity contribution in [2.45, 2.75) is 12.8 Å². The molecule has 5 heteroatoms. The molecule has 2 heterocycles. The Hall–Kier alpha value is -1.20. The highest BCUT2D eigenvalue weighted by Gasteiger charge is 2.16. The van der Waals surface area contributed by atoms with E-state index in [9.17, 15) is 0 Å². The first-order valence-electron chi connectivity index (χ1n) is 6.33. The zero-order valence-corrected chi connectivity index (χ0v) is 11.5. The van der Waals surface area contributed by atoms with Crippen LogP contribution in [0.1, 0.15) is 18.5 Å². The van der Waals surface area contributed by atoms with Gasteiger partial charge in [-0.1, -0.05) is 12.2 Å². The second-order valence-electron chi connectivity index (χ2n) is 4.95. The molecule has 2 rings (SSSR count). The van der Waals surface area contributed by atoms with Gasteiger partial charge in [-0.2, -0.15) is 0 Å². The number of nitrogens with one attached hydrogen (secondary N) is 1.